The number of hydrogen-bond donors (Lipinski definition) is 1. The van der Waals surface area contributed by atoms with Gasteiger partial charge in [0, 0.05) is 19.3 Å². The molecule has 0 radical (unpaired) electrons. The van der Waals surface area contributed by atoms with Gasteiger partial charge in [-0.15, -0.1) is 0 Å². The van der Waals surface area contributed by atoms with Crippen LogP contribution in [0, 0.1) is 13.8 Å². The molecule has 0 saturated heterocycles. The number of nitrogens with zero attached hydrogens (tertiary/aromatic N) is 5. The molecule has 1 atom stereocenters. The minimum Gasteiger partial charge on any atom is -0.463 e. The van der Waals surface area contributed by atoms with Crippen molar-refractivity contribution in [1.29, 1.82) is 0 Å². The zero-order valence-electron chi connectivity index (χ0n) is 16.3. The molecule has 4 aromatic rings. The van der Waals surface area contributed by atoms with Crippen LogP contribution in [-0.4, -0.2) is 36.5 Å². The van der Waals surface area contributed by atoms with E-state index >= 15 is 0 Å². The number of carbonyl (C=O) groups is 1. The minimum absolute atomic E-state index is 0.0981. The van der Waals surface area contributed by atoms with Gasteiger partial charge in [0.25, 0.3) is 5.91 Å². The lowest BCUT2D eigenvalue weighted by Gasteiger charge is -2.15. The first-order valence-electron chi connectivity index (χ1n) is 9.11. The van der Waals surface area contributed by atoms with Crippen molar-refractivity contribution in [2.75, 3.05) is 0 Å². The van der Waals surface area contributed by atoms with E-state index in [1.807, 2.05) is 50.8 Å². The lowest BCUT2D eigenvalue weighted by molar-refractivity contribution is 0.0937. The van der Waals surface area contributed by atoms with E-state index in [1.165, 1.54) is 0 Å². The fourth-order valence-electron chi connectivity index (χ4n) is 3.37. The fraction of sp³-hybridized carbons (Fsp3) is 0.300. The first-order valence-corrected chi connectivity index (χ1v) is 9.11. The molecule has 4 aromatic heterocycles. The van der Waals surface area contributed by atoms with Gasteiger partial charge in [-0.25, -0.2) is 4.98 Å². The lowest BCUT2D eigenvalue weighted by Crippen LogP contribution is -2.36. The molecule has 4 heterocycles. The molecule has 0 saturated carbocycles. The molecule has 0 unspecified atom stereocenters. The van der Waals surface area contributed by atoms with E-state index in [0.717, 1.165) is 16.8 Å². The van der Waals surface area contributed by atoms with Crippen molar-refractivity contribution < 1.29 is 9.21 Å². The molecule has 0 aliphatic rings. The molecule has 0 aromatic carbocycles. The monoisotopic (exact) mass is 378 g/mol. The molecule has 0 spiro atoms. The van der Waals surface area contributed by atoms with Crippen LogP contribution in [0.1, 0.15) is 28.7 Å². The van der Waals surface area contributed by atoms with Crippen LogP contribution in [0.5, 0.6) is 0 Å². The molecule has 0 aliphatic carbocycles. The molecule has 8 heteroatoms. The predicted octanol–water partition coefficient (Wildman–Crippen LogP) is 2.86. The van der Waals surface area contributed by atoms with E-state index in [2.05, 4.69) is 20.5 Å². The third-order valence-corrected chi connectivity index (χ3v) is 4.60. The zero-order valence-corrected chi connectivity index (χ0v) is 16.3. The normalized spacial score (nSPS) is 12.4. The van der Waals surface area contributed by atoms with Crippen molar-refractivity contribution in [1.82, 2.24) is 29.9 Å². The van der Waals surface area contributed by atoms with Gasteiger partial charge in [0.2, 0.25) is 0 Å². The molecule has 0 aliphatic heterocycles. The summed E-state index contributed by atoms with van der Waals surface area (Å²) in [6.45, 7) is 6.36. The van der Waals surface area contributed by atoms with Crippen LogP contribution >= 0.6 is 0 Å². The first-order chi connectivity index (χ1) is 13.4. The van der Waals surface area contributed by atoms with Crippen molar-refractivity contribution in [2.24, 2.45) is 7.05 Å². The summed E-state index contributed by atoms with van der Waals surface area (Å²) in [7, 11) is 1.82. The Balaban J connectivity index is 1.69. The second kappa shape index (κ2) is 6.95. The average molecular weight is 378 g/mol. The van der Waals surface area contributed by atoms with Gasteiger partial charge in [-0.2, -0.15) is 10.2 Å². The van der Waals surface area contributed by atoms with Crippen molar-refractivity contribution in [3.8, 4) is 11.5 Å². The maximum absolute atomic E-state index is 13.1. The summed E-state index contributed by atoms with van der Waals surface area (Å²) in [6.07, 6.45) is 3.49. The summed E-state index contributed by atoms with van der Waals surface area (Å²) in [6, 6.07) is 7.22. The number of amides is 1. The smallest absolute Gasteiger partial charge is 0.252 e. The van der Waals surface area contributed by atoms with Crippen LogP contribution in [0.3, 0.4) is 0 Å². The van der Waals surface area contributed by atoms with E-state index in [1.54, 1.807) is 23.1 Å². The van der Waals surface area contributed by atoms with Gasteiger partial charge in [-0.1, -0.05) is 0 Å². The van der Waals surface area contributed by atoms with Crippen molar-refractivity contribution in [3.05, 3.63) is 53.7 Å². The maximum atomic E-state index is 13.1. The topological polar surface area (TPSA) is 90.8 Å². The number of hydrogen-bond acceptors (Lipinski definition) is 5. The number of fused-ring (bicyclic) bond motifs is 1. The van der Waals surface area contributed by atoms with Crippen LogP contribution in [-0.2, 0) is 13.6 Å². The second-order valence-electron chi connectivity index (χ2n) is 6.99. The molecule has 4 rings (SSSR count). The molecule has 1 N–H and O–H groups in total. The molecule has 144 valence electrons. The van der Waals surface area contributed by atoms with Gasteiger partial charge in [-0.3, -0.25) is 14.2 Å². The number of rotatable bonds is 5. The summed E-state index contributed by atoms with van der Waals surface area (Å²) >= 11 is 0. The standard InChI is InChI=1S/C20H22N6O2/c1-12-7-8-26(23-12)11-13(2)21-20(27)15-10-16(17-6-5-9-28-17)22-19-18(15)14(3)24-25(19)4/h5-10,13H,11H2,1-4H3,(H,21,27)/t13-/m0/s1. The Morgan fingerprint density at radius 3 is 2.79 bits per heavy atom. The average Bonchev–Trinajstić information content (AvgIpc) is 3.37. The van der Waals surface area contributed by atoms with E-state index in [4.69, 9.17) is 4.42 Å². The molecule has 28 heavy (non-hydrogen) atoms. The van der Waals surface area contributed by atoms with Gasteiger partial charge in [-0.05, 0) is 45.0 Å². The van der Waals surface area contributed by atoms with Crippen LogP contribution in [0.2, 0.25) is 0 Å². The van der Waals surface area contributed by atoms with E-state index < -0.39 is 0 Å². The highest BCUT2D eigenvalue weighted by Gasteiger charge is 2.21. The van der Waals surface area contributed by atoms with Crippen LogP contribution in [0.15, 0.2) is 41.1 Å². The molecule has 8 nitrogen and oxygen atoms in total. The Labute approximate surface area is 162 Å². The van der Waals surface area contributed by atoms with Crippen molar-refractivity contribution in [2.45, 2.75) is 33.4 Å². The summed E-state index contributed by atoms with van der Waals surface area (Å²) in [5, 5.41) is 12.6. The Morgan fingerprint density at radius 2 is 2.11 bits per heavy atom. The predicted molar refractivity (Wildman–Crippen MR) is 105 cm³/mol. The van der Waals surface area contributed by atoms with Gasteiger partial charge in [0.15, 0.2) is 11.4 Å². The fourth-order valence-corrected chi connectivity index (χ4v) is 3.37. The van der Waals surface area contributed by atoms with E-state index in [0.29, 0.717) is 29.2 Å². The highest BCUT2D eigenvalue weighted by Crippen LogP contribution is 2.27. The largest absolute Gasteiger partial charge is 0.463 e. The van der Waals surface area contributed by atoms with Crippen LogP contribution < -0.4 is 5.32 Å². The number of nitrogens with one attached hydrogen (secondary N) is 1. The molecular weight excluding hydrogens is 356 g/mol. The third-order valence-electron chi connectivity index (χ3n) is 4.60. The Morgan fingerprint density at radius 1 is 1.29 bits per heavy atom. The Bertz CT molecular complexity index is 1140. The number of aromatic nitrogens is 5. The SMILES string of the molecule is Cc1ccn(C[C@H](C)NC(=O)c2cc(-c3ccco3)nc3c2c(C)nn3C)n1. The van der Waals surface area contributed by atoms with Gasteiger partial charge in [0.1, 0.15) is 5.69 Å². The maximum Gasteiger partial charge on any atom is 0.252 e. The van der Waals surface area contributed by atoms with Gasteiger partial charge >= 0.3 is 0 Å². The summed E-state index contributed by atoms with van der Waals surface area (Å²) < 4.78 is 8.99. The van der Waals surface area contributed by atoms with Crippen molar-refractivity contribution in [3.63, 3.8) is 0 Å². The number of aryl methyl sites for hydroxylation is 3. The summed E-state index contributed by atoms with van der Waals surface area (Å²) in [4.78, 5) is 17.8. The highest BCUT2D eigenvalue weighted by molar-refractivity contribution is 6.07. The highest BCUT2D eigenvalue weighted by atomic mass is 16.3. The second-order valence-corrected chi connectivity index (χ2v) is 6.99. The molecule has 0 bridgehead atoms. The zero-order chi connectivity index (χ0) is 19.8. The molecular formula is C20H22N6O2. The summed E-state index contributed by atoms with van der Waals surface area (Å²) in [5.74, 6) is 0.433. The van der Waals surface area contributed by atoms with Crippen molar-refractivity contribution >= 4 is 16.9 Å². The molecule has 1 amide bonds. The lowest BCUT2D eigenvalue weighted by atomic mass is 10.1. The Hall–Kier alpha value is -3.42. The number of furan rings is 1. The van der Waals surface area contributed by atoms with E-state index in [9.17, 15) is 4.79 Å². The van der Waals surface area contributed by atoms with Gasteiger partial charge < -0.3 is 9.73 Å². The number of pyridine rings is 1. The third kappa shape index (κ3) is 3.28. The van der Waals surface area contributed by atoms with Gasteiger partial charge in [0.05, 0.1) is 35.1 Å². The summed E-state index contributed by atoms with van der Waals surface area (Å²) in [5.41, 5.74) is 3.48. The van der Waals surface area contributed by atoms with Crippen LogP contribution in [0.25, 0.3) is 22.5 Å². The first kappa shape index (κ1) is 18.0. The number of carbonyl (C=O) groups excluding carboxylic acids is 1. The van der Waals surface area contributed by atoms with E-state index in [-0.39, 0.29) is 11.9 Å². The quantitative estimate of drug-likeness (QED) is 0.577. The Kier molecular flexibility index (Phi) is 4.46. The minimum atomic E-state index is -0.173. The van der Waals surface area contributed by atoms with Crippen LogP contribution in [0.4, 0.5) is 0 Å². The molecule has 0 fully saturated rings.